The number of aryl methyl sites for hydroxylation is 3. The molecule has 0 fully saturated rings. The summed E-state index contributed by atoms with van der Waals surface area (Å²) in [6.07, 6.45) is 13.1. The number of nitrogens with zero attached hydrogens (tertiary/aromatic N) is 2. The van der Waals surface area contributed by atoms with E-state index >= 15 is 0 Å². The van der Waals surface area contributed by atoms with Crippen LogP contribution in [0.15, 0.2) is 12.3 Å². The van der Waals surface area contributed by atoms with E-state index in [0.717, 1.165) is 35.1 Å². The lowest BCUT2D eigenvalue weighted by atomic mass is 10.0. The van der Waals surface area contributed by atoms with Gasteiger partial charge in [0, 0.05) is 31.1 Å². The molecule has 0 atom stereocenters. The lowest BCUT2D eigenvalue weighted by molar-refractivity contribution is -0.132. The van der Waals surface area contributed by atoms with Gasteiger partial charge < -0.3 is 9.30 Å². The summed E-state index contributed by atoms with van der Waals surface area (Å²) in [5.41, 5.74) is 2.88. The number of hydrogen-bond donors (Lipinski definition) is 0. The summed E-state index contributed by atoms with van der Waals surface area (Å²) < 4.78 is 7.53. The molecule has 2 aromatic heterocycles. The first kappa shape index (κ1) is 19.5. The van der Waals surface area contributed by atoms with E-state index in [1.807, 2.05) is 30.8 Å². The normalized spacial score (nSPS) is 11.2. The monoisotopic (exact) mass is 344 g/mol. The number of rotatable bonds is 10. The third-order valence-corrected chi connectivity index (χ3v) is 4.80. The Morgan fingerprint density at radius 2 is 1.76 bits per heavy atom. The fourth-order valence-corrected chi connectivity index (χ4v) is 3.35. The molecule has 4 nitrogen and oxygen atoms in total. The lowest BCUT2D eigenvalue weighted by Crippen LogP contribution is -2.08. The van der Waals surface area contributed by atoms with Gasteiger partial charge >= 0.3 is 5.97 Å². The first-order valence-corrected chi connectivity index (χ1v) is 9.67. The van der Waals surface area contributed by atoms with Gasteiger partial charge in [0.1, 0.15) is 5.65 Å². The molecule has 0 unspecified atom stereocenters. The zero-order valence-corrected chi connectivity index (χ0v) is 16.2. The molecule has 0 saturated heterocycles. The minimum absolute atomic E-state index is 0.280. The van der Waals surface area contributed by atoms with Crippen LogP contribution in [0.25, 0.3) is 11.0 Å². The first-order chi connectivity index (χ1) is 12.0. The maximum Gasteiger partial charge on any atom is 0.308 e. The summed E-state index contributed by atoms with van der Waals surface area (Å²) in [7, 11) is 2.00. The fraction of sp³-hybridized carbons (Fsp3) is 0.619. The highest BCUT2D eigenvalue weighted by Crippen LogP contribution is 2.31. The number of fused-ring (bicyclic) bond motifs is 1. The summed E-state index contributed by atoms with van der Waals surface area (Å²) in [4.78, 5) is 16.3. The second-order valence-corrected chi connectivity index (χ2v) is 7.00. The third kappa shape index (κ3) is 5.32. The summed E-state index contributed by atoms with van der Waals surface area (Å²) >= 11 is 0. The van der Waals surface area contributed by atoms with Gasteiger partial charge in [0.25, 0.3) is 0 Å². The number of ether oxygens (including phenoxy) is 1. The number of carbonyl (C=O) groups is 1. The van der Waals surface area contributed by atoms with Gasteiger partial charge in [-0.05, 0) is 25.8 Å². The van der Waals surface area contributed by atoms with Crippen LogP contribution in [0.4, 0.5) is 0 Å². The zero-order valence-electron chi connectivity index (χ0n) is 16.2. The summed E-state index contributed by atoms with van der Waals surface area (Å²) in [6.45, 7) is 5.72. The number of esters is 1. The minimum atomic E-state index is -0.280. The molecule has 0 N–H and O–H groups in total. The molecule has 0 radical (unpaired) electrons. The Labute approximate surface area is 151 Å². The van der Waals surface area contributed by atoms with E-state index in [1.54, 1.807) is 0 Å². The van der Waals surface area contributed by atoms with Crippen LogP contribution in [0.1, 0.15) is 76.5 Å². The van der Waals surface area contributed by atoms with Crippen molar-refractivity contribution < 1.29 is 9.53 Å². The van der Waals surface area contributed by atoms with Crippen molar-refractivity contribution >= 4 is 17.0 Å². The number of unbranched alkanes of at least 4 members (excludes halogenated alkanes) is 7. The van der Waals surface area contributed by atoms with Crippen molar-refractivity contribution in [3.8, 4) is 5.75 Å². The van der Waals surface area contributed by atoms with E-state index in [-0.39, 0.29) is 5.97 Å². The molecule has 0 spiro atoms. The molecule has 0 bridgehead atoms. The summed E-state index contributed by atoms with van der Waals surface area (Å²) in [6, 6.07) is 2.03. The molecule has 4 heteroatoms. The van der Waals surface area contributed by atoms with Gasteiger partial charge in [-0.15, -0.1) is 0 Å². The average molecular weight is 344 g/mol. The molecule has 2 rings (SSSR count). The molecule has 0 aliphatic carbocycles. The maximum absolute atomic E-state index is 11.5. The first-order valence-electron chi connectivity index (χ1n) is 9.67. The van der Waals surface area contributed by atoms with E-state index in [9.17, 15) is 4.79 Å². The second kappa shape index (κ2) is 9.59. The highest BCUT2D eigenvalue weighted by molar-refractivity contribution is 5.84. The Kier molecular flexibility index (Phi) is 7.48. The number of hydrogen-bond acceptors (Lipinski definition) is 3. The van der Waals surface area contributed by atoms with Crippen LogP contribution in [0.5, 0.6) is 5.75 Å². The van der Waals surface area contributed by atoms with E-state index in [0.29, 0.717) is 5.75 Å². The van der Waals surface area contributed by atoms with Crippen molar-refractivity contribution in [3.05, 3.63) is 23.5 Å². The van der Waals surface area contributed by atoms with Crippen molar-refractivity contribution in [2.45, 2.75) is 78.6 Å². The Hall–Kier alpha value is -1.84. The summed E-state index contributed by atoms with van der Waals surface area (Å²) in [5, 5.41) is 1.05. The van der Waals surface area contributed by atoms with Gasteiger partial charge in [-0.3, -0.25) is 4.79 Å². The Bertz CT molecular complexity index is 703. The van der Waals surface area contributed by atoms with E-state index < -0.39 is 0 Å². The predicted molar refractivity (Wildman–Crippen MR) is 103 cm³/mol. The molecule has 138 valence electrons. The van der Waals surface area contributed by atoms with Crippen LogP contribution in [0.2, 0.25) is 0 Å². The highest BCUT2D eigenvalue weighted by atomic mass is 16.5. The molecular formula is C21H32N2O2. The van der Waals surface area contributed by atoms with E-state index in [1.165, 1.54) is 51.9 Å². The van der Waals surface area contributed by atoms with Crippen molar-refractivity contribution in [1.29, 1.82) is 0 Å². The summed E-state index contributed by atoms with van der Waals surface area (Å²) in [5.74, 6) is 0.381. The Balaban J connectivity index is 2.00. The van der Waals surface area contributed by atoms with E-state index in [2.05, 4.69) is 6.92 Å². The second-order valence-electron chi connectivity index (χ2n) is 7.00. The standard InChI is InChI=1S/C21H32N2O2/c1-5-6-7-8-9-10-11-12-13-19-20(25-17(3)24)16(2)18-14-15-23(4)21(18)22-19/h14-15H,5-13H2,1-4H3. The number of carbonyl (C=O) groups excluding carboxylic acids is 1. The highest BCUT2D eigenvalue weighted by Gasteiger charge is 2.16. The van der Waals surface area contributed by atoms with E-state index in [4.69, 9.17) is 9.72 Å². The smallest absolute Gasteiger partial charge is 0.308 e. The maximum atomic E-state index is 11.5. The molecule has 0 aromatic carbocycles. The van der Waals surface area contributed by atoms with Gasteiger partial charge in [0.2, 0.25) is 0 Å². The molecule has 0 saturated carbocycles. The van der Waals surface area contributed by atoms with Gasteiger partial charge in [-0.1, -0.05) is 51.9 Å². The van der Waals surface area contributed by atoms with Crippen LogP contribution in [0.3, 0.4) is 0 Å². The number of aromatic nitrogens is 2. The molecule has 0 aliphatic heterocycles. The third-order valence-electron chi connectivity index (χ3n) is 4.80. The average Bonchev–Trinajstić information content (AvgIpc) is 2.94. The van der Waals surface area contributed by atoms with Crippen LogP contribution in [0, 0.1) is 6.92 Å². The fourth-order valence-electron chi connectivity index (χ4n) is 3.35. The van der Waals surface area contributed by atoms with Gasteiger partial charge in [0.05, 0.1) is 5.69 Å². The number of pyridine rings is 1. The van der Waals surface area contributed by atoms with Gasteiger partial charge in [-0.25, -0.2) is 4.98 Å². The van der Waals surface area contributed by atoms with Crippen LogP contribution in [-0.4, -0.2) is 15.5 Å². The lowest BCUT2D eigenvalue weighted by Gasteiger charge is -2.13. The zero-order chi connectivity index (χ0) is 18.2. The SMILES string of the molecule is CCCCCCCCCCc1nc2c(ccn2C)c(C)c1OC(C)=O. The van der Waals surface area contributed by atoms with Crippen molar-refractivity contribution in [2.75, 3.05) is 0 Å². The molecule has 2 aromatic rings. The quantitative estimate of drug-likeness (QED) is 0.423. The molecular weight excluding hydrogens is 312 g/mol. The largest absolute Gasteiger partial charge is 0.424 e. The van der Waals surface area contributed by atoms with Crippen molar-refractivity contribution in [2.24, 2.45) is 7.05 Å². The molecule has 25 heavy (non-hydrogen) atoms. The predicted octanol–water partition coefficient (Wildman–Crippen LogP) is 5.49. The van der Waals surface area contributed by atoms with Crippen molar-refractivity contribution in [1.82, 2.24) is 9.55 Å². The van der Waals surface area contributed by atoms with Crippen molar-refractivity contribution in [3.63, 3.8) is 0 Å². The Morgan fingerprint density at radius 1 is 1.12 bits per heavy atom. The van der Waals surface area contributed by atoms with Crippen LogP contribution in [-0.2, 0) is 18.3 Å². The molecule has 2 heterocycles. The topological polar surface area (TPSA) is 44.1 Å². The minimum Gasteiger partial charge on any atom is -0.424 e. The molecule has 0 aliphatic rings. The van der Waals surface area contributed by atoms with Gasteiger partial charge in [-0.2, -0.15) is 0 Å². The van der Waals surface area contributed by atoms with Gasteiger partial charge in [0.15, 0.2) is 5.75 Å². The Morgan fingerprint density at radius 3 is 2.40 bits per heavy atom. The van der Waals surface area contributed by atoms with Crippen LogP contribution >= 0.6 is 0 Å². The molecule has 0 amide bonds. The van der Waals surface area contributed by atoms with Crippen LogP contribution < -0.4 is 4.74 Å².